The molecule has 0 unspecified atom stereocenters. The van der Waals surface area contributed by atoms with Crippen LogP contribution in [-0.4, -0.2) is 45.9 Å². The van der Waals surface area contributed by atoms with Gasteiger partial charge < -0.3 is 14.4 Å². The molecule has 1 heterocycles. The normalized spacial score (nSPS) is 27.4. The van der Waals surface area contributed by atoms with Crippen LogP contribution < -0.4 is 0 Å². The Morgan fingerprint density at radius 3 is 2.90 bits per heavy atom. The molecule has 0 radical (unpaired) electrons. The molecular weight excluding hydrogens is 270 g/mol. The largest absolute Gasteiger partial charge is 0.394 e. The minimum atomic E-state index is -0.156. The van der Waals surface area contributed by atoms with E-state index >= 15 is 0 Å². The SMILES string of the molecule is CCO[C@H](C)c1noc(CN(C)[C@@]2(CO)CC[C@H](C)C2)n1. The molecule has 1 N–H and O–H groups in total. The van der Waals surface area contributed by atoms with E-state index < -0.39 is 0 Å². The Labute approximate surface area is 126 Å². The van der Waals surface area contributed by atoms with Gasteiger partial charge in [0.25, 0.3) is 0 Å². The molecule has 0 spiro atoms. The number of ether oxygens (including phenoxy) is 1. The number of hydrogen-bond acceptors (Lipinski definition) is 6. The van der Waals surface area contributed by atoms with Crippen molar-refractivity contribution < 1.29 is 14.4 Å². The molecule has 3 atom stereocenters. The Morgan fingerprint density at radius 1 is 1.57 bits per heavy atom. The molecule has 0 aliphatic heterocycles. The third kappa shape index (κ3) is 3.62. The van der Waals surface area contributed by atoms with Crippen LogP contribution in [0, 0.1) is 5.92 Å². The molecule has 6 nitrogen and oxygen atoms in total. The summed E-state index contributed by atoms with van der Waals surface area (Å²) in [6.07, 6.45) is 3.02. The molecule has 0 aromatic carbocycles. The van der Waals surface area contributed by atoms with Crippen molar-refractivity contribution in [1.29, 1.82) is 0 Å². The van der Waals surface area contributed by atoms with E-state index in [1.165, 1.54) is 0 Å². The van der Waals surface area contributed by atoms with Crippen LogP contribution in [0.25, 0.3) is 0 Å². The van der Waals surface area contributed by atoms with E-state index in [1.54, 1.807) is 0 Å². The summed E-state index contributed by atoms with van der Waals surface area (Å²) in [4.78, 5) is 6.55. The molecule has 1 aliphatic rings. The lowest BCUT2D eigenvalue weighted by atomic mass is 9.95. The molecule has 0 saturated heterocycles. The Balaban J connectivity index is 2.01. The lowest BCUT2D eigenvalue weighted by Gasteiger charge is -2.36. The quantitative estimate of drug-likeness (QED) is 0.831. The second-order valence-electron chi connectivity index (χ2n) is 6.23. The van der Waals surface area contributed by atoms with Crippen LogP contribution in [-0.2, 0) is 11.3 Å². The third-order valence-corrected chi connectivity index (χ3v) is 4.57. The zero-order valence-electron chi connectivity index (χ0n) is 13.5. The van der Waals surface area contributed by atoms with Crippen LogP contribution >= 0.6 is 0 Å². The van der Waals surface area contributed by atoms with Gasteiger partial charge in [0.1, 0.15) is 6.10 Å². The van der Waals surface area contributed by atoms with Gasteiger partial charge in [-0.05, 0) is 46.1 Å². The van der Waals surface area contributed by atoms with Gasteiger partial charge in [-0.2, -0.15) is 4.98 Å². The summed E-state index contributed by atoms with van der Waals surface area (Å²) in [5.41, 5.74) is -0.153. The Hall–Kier alpha value is -0.980. The van der Waals surface area contributed by atoms with Crippen molar-refractivity contribution in [3.63, 3.8) is 0 Å². The van der Waals surface area contributed by atoms with Gasteiger partial charge in [-0.3, -0.25) is 4.90 Å². The zero-order chi connectivity index (χ0) is 15.5. The minimum Gasteiger partial charge on any atom is -0.394 e. The van der Waals surface area contributed by atoms with Crippen molar-refractivity contribution in [2.24, 2.45) is 5.92 Å². The average Bonchev–Trinajstić information content (AvgIpc) is 3.06. The van der Waals surface area contributed by atoms with Crippen LogP contribution in [0.15, 0.2) is 4.52 Å². The standard InChI is InChI=1S/C15H27N3O3/c1-5-20-12(3)14-16-13(21-17-14)9-18(4)15(10-19)7-6-11(2)8-15/h11-12,19H,5-10H2,1-4H3/t11-,12+,15-/m0/s1. The van der Waals surface area contributed by atoms with Crippen molar-refractivity contribution in [3.8, 4) is 0 Å². The number of aromatic nitrogens is 2. The van der Waals surface area contributed by atoms with Crippen molar-refractivity contribution in [2.75, 3.05) is 20.3 Å². The lowest BCUT2D eigenvalue weighted by molar-refractivity contribution is 0.0387. The zero-order valence-corrected chi connectivity index (χ0v) is 13.5. The maximum Gasteiger partial charge on any atom is 0.240 e. The summed E-state index contributed by atoms with van der Waals surface area (Å²) in [5.74, 6) is 1.81. The van der Waals surface area contributed by atoms with Crippen LogP contribution in [0.5, 0.6) is 0 Å². The molecule has 0 bridgehead atoms. The molecule has 1 aromatic rings. The third-order valence-electron chi connectivity index (χ3n) is 4.57. The van der Waals surface area contributed by atoms with Crippen molar-refractivity contribution in [2.45, 2.75) is 58.2 Å². The van der Waals surface area contributed by atoms with Gasteiger partial charge in [0.05, 0.1) is 13.2 Å². The van der Waals surface area contributed by atoms with E-state index in [-0.39, 0.29) is 18.2 Å². The Kier molecular flexibility index (Phi) is 5.35. The van der Waals surface area contributed by atoms with Gasteiger partial charge in [-0.1, -0.05) is 12.1 Å². The highest BCUT2D eigenvalue weighted by molar-refractivity contribution is 4.98. The maximum absolute atomic E-state index is 9.82. The van der Waals surface area contributed by atoms with Crippen LogP contribution in [0.4, 0.5) is 0 Å². The molecule has 120 valence electrons. The summed E-state index contributed by atoms with van der Waals surface area (Å²) < 4.78 is 10.8. The van der Waals surface area contributed by atoms with Crippen molar-refractivity contribution in [1.82, 2.24) is 15.0 Å². The number of nitrogens with zero attached hydrogens (tertiary/aromatic N) is 3. The van der Waals surface area contributed by atoms with E-state index in [1.807, 2.05) is 20.9 Å². The monoisotopic (exact) mass is 297 g/mol. The van der Waals surface area contributed by atoms with E-state index in [0.717, 1.165) is 19.3 Å². The topological polar surface area (TPSA) is 71.6 Å². The summed E-state index contributed by atoms with van der Waals surface area (Å²) in [6, 6.07) is 0. The molecule has 6 heteroatoms. The molecular formula is C15H27N3O3. The van der Waals surface area contributed by atoms with Gasteiger partial charge in [0.15, 0.2) is 5.82 Å². The molecule has 1 aromatic heterocycles. The van der Waals surface area contributed by atoms with Gasteiger partial charge in [0, 0.05) is 12.1 Å². The molecule has 1 saturated carbocycles. The number of aliphatic hydroxyl groups excluding tert-OH is 1. The fourth-order valence-corrected chi connectivity index (χ4v) is 3.17. The molecule has 0 amide bonds. The van der Waals surface area contributed by atoms with E-state index in [0.29, 0.717) is 30.8 Å². The van der Waals surface area contributed by atoms with Crippen LogP contribution in [0.1, 0.15) is 57.9 Å². The first-order chi connectivity index (χ1) is 10.0. The summed E-state index contributed by atoms with van der Waals surface area (Å²) in [5, 5.41) is 13.8. The number of hydrogen-bond donors (Lipinski definition) is 1. The summed E-state index contributed by atoms with van der Waals surface area (Å²) >= 11 is 0. The summed E-state index contributed by atoms with van der Waals surface area (Å²) in [6.45, 7) is 7.44. The van der Waals surface area contributed by atoms with Crippen molar-refractivity contribution in [3.05, 3.63) is 11.7 Å². The number of aliphatic hydroxyl groups is 1. The van der Waals surface area contributed by atoms with Crippen LogP contribution in [0.2, 0.25) is 0 Å². The Bertz CT molecular complexity index is 451. The van der Waals surface area contributed by atoms with E-state index in [4.69, 9.17) is 9.26 Å². The summed E-state index contributed by atoms with van der Waals surface area (Å²) in [7, 11) is 2.02. The second-order valence-corrected chi connectivity index (χ2v) is 6.23. The number of rotatable bonds is 7. The predicted molar refractivity (Wildman–Crippen MR) is 78.6 cm³/mol. The highest BCUT2D eigenvalue weighted by Gasteiger charge is 2.40. The fourth-order valence-electron chi connectivity index (χ4n) is 3.17. The molecule has 1 fully saturated rings. The van der Waals surface area contributed by atoms with E-state index in [9.17, 15) is 5.11 Å². The lowest BCUT2D eigenvalue weighted by Crippen LogP contribution is -2.47. The first-order valence-electron chi connectivity index (χ1n) is 7.77. The van der Waals surface area contributed by atoms with Gasteiger partial charge in [-0.25, -0.2) is 0 Å². The molecule has 1 aliphatic carbocycles. The number of likely N-dealkylation sites (N-methyl/N-ethyl adjacent to an activating group) is 1. The average molecular weight is 297 g/mol. The van der Waals surface area contributed by atoms with Crippen molar-refractivity contribution >= 4 is 0 Å². The fraction of sp³-hybridized carbons (Fsp3) is 0.867. The van der Waals surface area contributed by atoms with Crippen LogP contribution in [0.3, 0.4) is 0 Å². The second kappa shape index (κ2) is 6.85. The molecule has 2 rings (SSSR count). The van der Waals surface area contributed by atoms with Gasteiger partial charge in [-0.15, -0.1) is 0 Å². The first-order valence-corrected chi connectivity index (χ1v) is 7.77. The highest BCUT2D eigenvalue weighted by Crippen LogP contribution is 2.38. The highest BCUT2D eigenvalue weighted by atomic mass is 16.5. The first kappa shape index (κ1) is 16.4. The van der Waals surface area contributed by atoms with E-state index in [2.05, 4.69) is 22.0 Å². The molecule has 21 heavy (non-hydrogen) atoms. The minimum absolute atomic E-state index is 0.153. The van der Waals surface area contributed by atoms with Gasteiger partial charge in [0.2, 0.25) is 5.89 Å². The maximum atomic E-state index is 9.82. The van der Waals surface area contributed by atoms with Gasteiger partial charge >= 0.3 is 0 Å². The Morgan fingerprint density at radius 2 is 2.33 bits per heavy atom. The predicted octanol–water partition coefficient (Wildman–Crippen LogP) is 2.15. The smallest absolute Gasteiger partial charge is 0.240 e.